The third kappa shape index (κ3) is 5.96. The van der Waals surface area contributed by atoms with Gasteiger partial charge < -0.3 is 15.1 Å². The Kier molecular flexibility index (Phi) is 9.10. The van der Waals surface area contributed by atoms with E-state index in [4.69, 9.17) is 4.99 Å². The smallest absolute Gasteiger partial charge is 0.219 e. The van der Waals surface area contributed by atoms with Gasteiger partial charge in [-0.2, -0.15) is 0 Å². The molecule has 1 aromatic carbocycles. The number of guanidine groups is 1. The Balaban J connectivity index is 0.00000288. The van der Waals surface area contributed by atoms with Crippen molar-refractivity contribution in [2.75, 3.05) is 39.3 Å². The molecule has 5 nitrogen and oxygen atoms in total. The van der Waals surface area contributed by atoms with Gasteiger partial charge in [0.2, 0.25) is 5.91 Å². The number of piperazine rings is 1. The molecule has 1 amide bonds. The van der Waals surface area contributed by atoms with Crippen LogP contribution in [0.3, 0.4) is 0 Å². The number of benzene rings is 1. The predicted octanol–water partition coefficient (Wildman–Crippen LogP) is 2.54. The predicted molar refractivity (Wildman–Crippen MR) is 110 cm³/mol. The number of nitrogens with zero attached hydrogens (tertiary/aromatic N) is 3. The first kappa shape index (κ1) is 20.7. The van der Waals surface area contributed by atoms with Crippen LogP contribution < -0.4 is 5.32 Å². The van der Waals surface area contributed by atoms with Crippen molar-refractivity contribution in [3.8, 4) is 0 Å². The number of nitrogens with one attached hydrogen (secondary N) is 1. The van der Waals surface area contributed by atoms with Gasteiger partial charge in [-0.3, -0.25) is 9.79 Å². The molecule has 1 aliphatic heterocycles. The van der Waals surface area contributed by atoms with Gasteiger partial charge in [-0.15, -0.1) is 24.0 Å². The zero-order valence-electron chi connectivity index (χ0n) is 14.9. The Labute approximate surface area is 162 Å². The lowest BCUT2D eigenvalue weighted by Gasteiger charge is -2.36. The molecule has 1 fully saturated rings. The lowest BCUT2D eigenvalue weighted by molar-refractivity contribution is -0.130. The van der Waals surface area contributed by atoms with E-state index in [1.54, 1.807) is 6.92 Å². The second-order valence-electron chi connectivity index (χ2n) is 6.00. The molecule has 1 heterocycles. The maximum absolute atomic E-state index is 11.4. The minimum absolute atomic E-state index is 0. The fourth-order valence-corrected chi connectivity index (χ4v) is 2.77. The van der Waals surface area contributed by atoms with Crippen LogP contribution in [0.4, 0.5) is 0 Å². The van der Waals surface area contributed by atoms with E-state index in [2.05, 4.69) is 48.3 Å². The Morgan fingerprint density at radius 1 is 1.17 bits per heavy atom. The fraction of sp³-hybridized carbons (Fsp3) is 0.556. The molecule has 0 bridgehead atoms. The van der Waals surface area contributed by atoms with Crippen molar-refractivity contribution in [1.82, 2.24) is 15.1 Å². The highest BCUT2D eigenvalue weighted by Crippen LogP contribution is 2.15. The first-order valence-corrected chi connectivity index (χ1v) is 8.45. The van der Waals surface area contributed by atoms with Crippen molar-refractivity contribution in [2.45, 2.75) is 26.7 Å². The number of halogens is 1. The van der Waals surface area contributed by atoms with E-state index in [-0.39, 0.29) is 29.9 Å². The maximum atomic E-state index is 11.4. The van der Waals surface area contributed by atoms with Gasteiger partial charge >= 0.3 is 0 Å². The summed E-state index contributed by atoms with van der Waals surface area (Å²) in [6.45, 7) is 10.8. The molecule has 6 heteroatoms. The first-order valence-electron chi connectivity index (χ1n) is 8.45. The van der Waals surface area contributed by atoms with Crippen LogP contribution in [0.25, 0.3) is 0 Å². The summed E-state index contributed by atoms with van der Waals surface area (Å²) in [6.07, 6.45) is 0. The Morgan fingerprint density at radius 3 is 2.29 bits per heavy atom. The summed E-state index contributed by atoms with van der Waals surface area (Å²) in [6, 6.07) is 10.5. The molecule has 0 aromatic heterocycles. The molecule has 1 aliphatic rings. The number of amides is 1. The summed E-state index contributed by atoms with van der Waals surface area (Å²) in [5.74, 6) is 1.51. The number of rotatable bonds is 4. The number of carbonyl (C=O) groups excluding carboxylic acids is 1. The van der Waals surface area contributed by atoms with E-state index in [9.17, 15) is 4.79 Å². The zero-order chi connectivity index (χ0) is 16.7. The quantitative estimate of drug-likeness (QED) is 0.441. The van der Waals surface area contributed by atoms with E-state index >= 15 is 0 Å². The van der Waals surface area contributed by atoms with E-state index in [0.717, 1.165) is 45.2 Å². The van der Waals surface area contributed by atoms with Crippen molar-refractivity contribution in [3.05, 3.63) is 35.9 Å². The summed E-state index contributed by atoms with van der Waals surface area (Å²) in [4.78, 5) is 20.4. The summed E-state index contributed by atoms with van der Waals surface area (Å²) in [7, 11) is 0. The fourth-order valence-electron chi connectivity index (χ4n) is 2.77. The van der Waals surface area contributed by atoms with Gasteiger partial charge in [-0.1, -0.05) is 37.3 Å². The normalized spacial score (nSPS) is 16.4. The molecule has 1 atom stereocenters. The largest absolute Gasteiger partial charge is 0.357 e. The van der Waals surface area contributed by atoms with Crippen LogP contribution in [0.1, 0.15) is 32.3 Å². The van der Waals surface area contributed by atoms with Crippen molar-refractivity contribution in [2.24, 2.45) is 4.99 Å². The number of aliphatic imine (C=N–C) groups is 1. The Hall–Kier alpha value is -1.31. The van der Waals surface area contributed by atoms with Crippen LogP contribution in [0.2, 0.25) is 0 Å². The van der Waals surface area contributed by atoms with Gasteiger partial charge in [-0.05, 0) is 12.5 Å². The van der Waals surface area contributed by atoms with Crippen molar-refractivity contribution < 1.29 is 4.79 Å². The van der Waals surface area contributed by atoms with Crippen molar-refractivity contribution in [3.63, 3.8) is 0 Å². The standard InChI is InChI=1S/C18H28N4O.HI/c1-4-19-18(22-12-10-21(11-13-22)16(3)23)20-14-15(2)17-8-6-5-7-9-17;/h5-9,15H,4,10-14H2,1-3H3,(H,19,20);1H. The highest BCUT2D eigenvalue weighted by atomic mass is 127. The molecule has 0 saturated carbocycles. The second kappa shape index (κ2) is 10.5. The van der Waals surface area contributed by atoms with Crippen LogP contribution >= 0.6 is 24.0 Å². The van der Waals surface area contributed by atoms with Gasteiger partial charge in [0.05, 0.1) is 0 Å². The second-order valence-corrected chi connectivity index (χ2v) is 6.00. The molecule has 1 unspecified atom stereocenters. The Morgan fingerprint density at radius 2 is 1.75 bits per heavy atom. The number of carbonyl (C=O) groups is 1. The molecular formula is C18H29IN4O. The van der Waals surface area contributed by atoms with Crippen LogP contribution in [0.15, 0.2) is 35.3 Å². The SMILES string of the molecule is CCNC(=NCC(C)c1ccccc1)N1CCN(C(C)=O)CC1.I. The third-order valence-corrected chi connectivity index (χ3v) is 4.24. The molecule has 24 heavy (non-hydrogen) atoms. The van der Waals surface area contributed by atoms with Gasteiger partial charge in [0.1, 0.15) is 0 Å². The van der Waals surface area contributed by atoms with Crippen LogP contribution in [-0.2, 0) is 4.79 Å². The molecule has 134 valence electrons. The summed E-state index contributed by atoms with van der Waals surface area (Å²) in [5, 5.41) is 3.38. The van der Waals surface area contributed by atoms with Crippen LogP contribution in [0.5, 0.6) is 0 Å². The van der Waals surface area contributed by atoms with Crippen molar-refractivity contribution >= 4 is 35.8 Å². The lowest BCUT2D eigenvalue weighted by Crippen LogP contribution is -2.53. The molecule has 1 aromatic rings. The lowest BCUT2D eigenvalue weighted by atomic mass is 10.0. The summed E-state index contributed by atoms with van der Waals surface area (Å²) in [5.41, 5.74) is 1.31. The number of hydrogen-bond donors (Lipinski definition) is 1. The molecule has 0 spiro atoms. The third-order valence-electron chi connectivity index (χ3n) is 4.24. The van der Waals surface area contributed by atoms with E-state index in [1.807, 2.05) is 11.0 Å². The minimum atomic E-state index is 0. The average molecular weight is 444 g/mol. The van der Waals surface area contributed by atoms with E-state index < -0.39 is 0 Å². The summed E-state index contributed by atoms with van der Waals surface area (Å²) < 4.78 is 0. The highest BCUT2D eigenvalue weighted by molar-refractivity contribution is 14.0. The van der Waals surface area contributed by atoms with Crippen molar-refractivity contribution in [1.29, 1.82) is 0 Å². The Bertz CT molecular complexity index is 527. The molecule has 0 radical (unpaired) electrons. The monoisotopic (exact) mass is 444 g/mol. The molecule has 0 aliphatic carbocycles. The molecular weight excluding hydrogens is 415 g/mol. The van der Waals surface area contributed by atoms with Gasteiger partial charge in [0.15, 0.2) is 5.96 Å². The maximum Gasteiger partial charge on any atom is 0.219 e. The summed E-state index contributed by atoms with van der Waals surface area (Å²) >= 11 is 0. The van der Waals surface area contributed by atoms with E-state index in [0.29, 0.717) is 5.92 Å². The topological polar surface area (TPSA) is 47.9 Å². The minimum Gasteiger partial charge on any atom is -0.357 e. The average Bonchev–Trinajstić information content (AvgIpc) is 2.59. The van der Waals surface area contributed by atoms with Crippen LogP contribution in [0, 0.1) is 0 Å². The first-order chi connectivity index (χ1) is 11.1. The van der Waals surface area contributed by atoms with Gasteiger partial charge in [-0.25, -0.2) is 0 Å². The van der Waals surface area contributed by atoms with Gasteiger partial charge in [0.25, 0.3) is 0 Å². The number of hydrogen-bond acceptors (Lipinski definition) is 2. The highest BCUT2D eigenvalue weighted by Gasteiger charge is 2.21. The van der Waals surface area contributed by atoms with E-state index in [1.165, 1.54) is 5.56 Å². The van der Waals surface area contributed by atoms with Gasteiger partial charge in [0, 0.05) is 52.1 Å². The van der Waals surface area contributed by atoms with Crippen LogP contribution in [-0.4, -0.2) is 60.9 Å². The zero-order valence-corrected chi connectivity index (χ0v) is 17.2. The molecule has 1 saturated heterocycles. The molecule has 1 N–H and O–H groups in total. The molecule has 2 rings (SSSR count).